The Kier molecular flexibility index (Phi) is 2.55. The normalized spacial score (nSPS) is 19.0. The molecule has 1 fully saturated rings. The van der Waals surface area contributed by atoms with Gasteiger partial charge >= 0.3 is 0 Å². The second-order valence-electron chi connectivity index (χ2n) is 4.27. The number of nitrogens with two attached hydrogens (primary N) is 1. The maximum absolute atomic E-state index is 5.86. The van der Waals surface area contributed by atoms with Crippen LogP contribution in [0.4, 0.5) is 0 Å². The molecule has 1 aromatic rings. The Hall–Kier alpha value is -0.890. The molecule has 2 N–H and O–H groups in total. The zero-order valence-corrected chi connectivity index (χ0v) is 8.79. The molecule has 0 bridgehead atoms. The molecule has 1 heterocycles. The van der Waals surface area contributed by atoms with Gasteiger partial charge in [0.05, 0.1) is 0 Å². The number of nitrogens with zero attached hydrogens (tertiary/aromatic N) is 1. The van der Waals surface area contributed by atoms with E-state index in [4.69, 9.17) is 5.73 Å². The van der Waals surface area contributed by atoms with E-state index in [0.29, 0.717) is 0 Å². The van der Waals surface area contributed by atoms with Crippen molar-refractivity contribution in [1.82, 2.24) is 4.98 Å². The standard InChI is InChI=1S/C12H18N2/c1-2-10-6-11(8-14-7-10)12(9-13)4-3-5-12/h6-8H,2-5,9,13H2,1H3. The van der Waals surface area contributed by atoms with Crippen molar-refractivity contribution in [2.24, 2.45) is 5.73 Å². The Morgan fingerprint density at radius 3 is 2.71 bits per heavy atom. The first kappa shape index (κ1) is 9.66. The van der Waals surface area contributed by atoms with Crippen LogP contribution in [0.3, 0.4) is 0 Å². The molecule has 2 heteroatoms. The van der Waals surface area contributed by atoms with E-state index >= 15 is 0 Å². The molecule has 0 saturated heterocycles. The van der Waals surface area contributed by atoms with E-state index in [9.17, 15) is 0 Å². The molecule has 1 saturated carbocycles. The summed E-state index contributed by atoms with van der Waals surface area (Å²) in [5.41, 5.74) is 8.80. The molecule has 1 aliphatic carbocycles. The molecule has 0 aromatic carbocycles. The maximum atomic E-state index is 5.86. The molecule has 1 aromatic heterocycles. The Morgan fingerprint density at radius 1 is 1.43 bits per heavy atom. The lowest BCUT2D eigenvalue weighted by atomic mass is 9.65. The second-order valence-corrected chi connectivity index (χ2v) is 4.27. The largest absolute Gasteiger partial charge is 0.330 e. The molecule has 76 valence electrons. The van der Waals surface area contributed by atoms with Gasteiger partial charge in [-0.25, -0.2) is 0 Å². The average molecular weight is 190 g/mol. The van der Waals surface area contributed by atoms with E-state index in [1.54, 1.807) is 0 Å². The van der Waals surface area contributed by atoms with E-state index in [1.807, 2.05) is 12.4 Å². The van der Waals surface area contributed by atoms with Crippen LogP contribution >= 0.6 is 0 Å². The van der Waals surface area contributed by atoms with Gasteiger partial charge in [0, 0.05) is 24.4 Å². The highest BCUT2D eigenvalue weighted by Crippen LogP contribution is 2.42. The molecular weight excluding hydrogens is 172 g/mol. The van der Waals surface area contributed by atoms with Crippen LogP contribution in [0.25, 0.3) is 0 Å². The number of rotatable bonds is 3. The predicted molar refractivity (Wildman–Crippen MR) is 58.2 cm³/mol. The quantitative estimate of drug-likeness (QED) is 0.792. The lowest BCUT2D eigenvalue weighted by Crippen LogP contribution is -2.41. The van der Waals surface area contributed by atoms with Crippen LogP contribution in [-0.2, 0) is 11.8 Å². The van der Waals surface area contributed by atoms with Gasteiger partial charge in [-0.05, 0) is 30.4 Å². The fourth-order valence-electron chi connectivity index (χ4n) is 2.19. The highest BCUT2D eigenvalue weighted by atomic mass is 14.7. The summed E-state index contributed by atoms with van der Waals surface area (Å²) in [6.07, 6.45) is 8.78. The third-order valence-corrected chi connectivity index (χ3v) is 3.52. The highest BCUT2D eigenvalue weighted by Gasteiger charge is 2.37. The first-order valence-electron chi connectivity index (χ1n) is 5.45. The molecule has 2 rings (SSSR count). The summed E-state index contributed by atoms with van der Waals surface area (Å²) in [6, 6.07) is 2.28. The van der Waals surface area contributed by atoms with Crippen molar-refractivity contribution in [1.29, 1.82) is 0 Å². The van der Waals surface area contributed by atoms with Crippen molar-refractivity contribution in [3.8, 4) is 0 Å². The first-order valence-corrected chi connectivity index (χ1v) is 5.45. The van der Waals surface area contributed by atoms with E-state index < -0.39 is 0 Å². The smallest absolute Gasteiger partial charge is 0.0306 e. The van der Waals surface area contributed by atoms with Crippen molar-refractivity contribution in [2.45, 2.75) is 38.0 Å². The van der Waals surface area contributed by atoms with Crippen LogP contribution in [0.1, 0.15) is 37.3 Å². The monoisotopic (exact) mass is 190 g/mol. The Balaban J connectivity index is 2.30. The van der Waals surface area contributed by atoms with Crippen LogP contribution in [0.5, 0.6) is 0 Å². The number of hydrogen-bond acceptors (Lipinski definition) is 2. The minimum Gasteiger partial charge on any atom is -0.330 e. The van der Waals surface area contributed by atoms with Gasteiger partial charge in [0.1, 0.15) is 0 Å². The van der Waals surface area contributed by atoms with Crippen molar-refractivity contribution in [3.63, 3.8) is 0 Å². The fourth-order valence-corrected chi connectivity index (χ4v) is 2.19. The number of pyridine rings is 1. The van der Waals surface area contributed by atoms with Gasteiger partial charge in [0.2, 0.25) is 0 Å². The van der Waals surface area contributed by atoms with Crippen LogP contribution in [-0.4, -0.2) is 11.5 Å². The van der Waals surface area contributed by atoms with Gasteiger partial charge in [-0.3, -0.25) is 4.98 Å². The molecule has 0 unspecified atom stereocenters. The summed E-state index contributed by atoms with van der Waals surface area (Å²) >= 11 is 0. The van der Waals surface area contributed by atoms with E-state index in [-0.39, 0.29) is 5.41 Å². The van der Waals surface area contributed by atoms with Crippen LogP contribution in [0.15, 0.2) is 18.5 Å². The van der Waals surface area contributed by atoms with Gasteiger partial charge in [-0.1, -0.05) is 19.4 Å². The van der Waals surface area contributed by atoms with Crippen molar-refractivity contribution in [3.05, 3.63) is 29.6 Å². The summed E-state index contributed by atoms with van der Waals surface area (Å²) in [5.74, 6) is 0. The van der Waals surface area contributed by atoms with E-state index in [1.165, 1.54) is 30.4 Å². The Morgan fingerprint density at radius 2 is 2.21 bits per heavy atom. The molecule has 0 atom stereocenters. The van der Waals surface area contributed by atoms with Crippen molar-refractivity contribution in [2.75, 3.05) is 6.54 Å². The maximum Gasteiger partial charge on any atom is 0.0306 e. The minimum atomic E-state index is 0.262. The topological polar surface area (TPSA) is 38.9 Å². The third kappa shape index (κ3) is 1.44. The van der Waals surface area contributed by atoms with Crippen molar-refractivity contribution < 1.29 is 0 Å². The van der Waals surface area contributed by atoms with Crippen molar-refractivity contribution >= 4 is 0 Å². The molecule has 14 heavy (non-hydrogen) atoms. The van der Waals surface area contributed by atoms with E-state index in [0.717, 1.165) is 13.0 Å². The van der Waals surface area contributed by atoms with Gasteiger partial charge in [0.25, 0.3) is 0 Å². The SMILES string of the molecule is CCc1cncc(C2(CN)CCC2)c1. The predicted octanol–water partition coefficient (Wildman–Crippen LogP) is 2.02. The average Bonchev–Trinajstić information content (AvgIpc) is 2.18. The fraction of sp³-hybridized carbons (Fsp3) is 0.583. The molecule has 0 spiro atoms. The molecule has 0 amide bonds. The molecule has 0 radical (unpaired) electrons. The van der Waals surface area contributed by atoms with Gasteiger partial charge in [0.15, 0.2) is 0 Å². The lowest BCUT2D eigenvalue weighted by molar-refractivity contribution is 0.252. The Labute approximate surface area is 85.5 Å². The molecule has 0 aliphatic heterocycles. The van der Waals surface area contributed by atoms with Crippen LogP contribution < -0.4 is 5.73 Å². The number of aryl methyl sites for hydroxylation is 1. The number of aromatic nitrogens is 1. The highest BCUT2D eigenvalue weighted by molar-refractivity contribution is 5.29. The summed E-state index contributed by atoms with van der Waals surface area (Å²) in [5, 5.41) is 0. The summed E-state index contributed by atoms with van der Waals surface area (Å²) in [6.45, 7) is 2.93. The van der Waals surface area contributed by atoms with Crippen LogP contribution in [0, 0.1) is 0 Å². The summed E-state index contributed by atoms with van der Waals surface area (Å²) < 4.78 is 0. The minimum absolute atomic E-state index is 0.262. The molecule has 2 nitrogen and oxygen atoms in total. The Bertz CT molecular complexity index is 310. The molecule has 1 aliphatic rings. The van der Waals surface area contributed by atoms with Gasteiger partial charge in [-0.15, -0.1) is 0 Å². The third-order valence-electron chi connectivity index (χ3n) is 3.52. The number of hydrogen-bond donors (Lipinski definition) is 1. The van der Waals surface area contributed by atoms with E-state index in [2.05, 4.69) is 18.0 Å². The second kappa shape index (κ2) is 3.70. The summed E-state index contributed by atoms with van der Waals surface area (Å²) in [7, 11) is 0. The zero-order valence-electron chi connectivity index (χ0n) is 8.79. The lowest BCUT2D eigenvalue weighted by Gasteiger charge is -2.41. The van der Waals surface area contributed by atoms with Gasteiger partial charge < -0.3 is 5.73 Å². The molecular formula is C12H18N2. The summed E-state index contributed by atoms with van der Waals surface area (Å²) in [4.78, 5) is 4.30. The zero-order chi connectivity index (χ0) is 10.0. The van der Waals surface area contributed by atoms with Gasteiger partial charge in [-0.2, -0.15) is 0 Å². The first-order chi connectivity index (χ1) is 6.80. The van der Waals surface area contributed by atoms with Crippen LogP contribution in [0.2, 0.25) is 0 Å².